The molecule has 0 aliphatic rings. The van der Waals surface area contributed by atoms with E-state index in [2.05, 4.69) is 27.8 Å². The fourth-order valence-corrected chi connectivity index (χ4v) is 4.62. The Morgan fingerprint density at radius 1 is 1.00 bits per heavy atom. The van der Waals surface area contributed by atoms with Crippen LogP contribution in [0, 0.1) is 0 Å². The lowest BCUT2D eigenvalue weighted by atomic mass is 9.93. The van der Waals surface area contributed by atoms with Gasteiger partial charge in [-0.05, 0) is 79.8 Å². The lowest BCUT2D eigenvalue weighted by Gasteiger charge is -2.28. The quantitative estimate of drug-likeness (QED) is 0.207. The average Bonchev–Trinajstić information content (AvgIpc) is 2.92. The molecule has 0 fully saturated rings. The average molecular weight is 514 g/mol. The SMILES string of the molecule is CC(C)(Cc1cccc(C(=O)NCCc2cccc3ncccc23)c1)NC[C@H](O)c1ccc(O)c(CO)c1. The molecule has 1 aromatic heterocycles. The lowest BCUT2D eigenvalue weighted by Crippen LogP contribution is -2.43. The molecule has 7 nitrogen and oxygen atoms in total. The van der Waals surface area contributed by atoms with Gasteiger partial charge in [-0.25, -0.2) is 0 Å². The number of carbonyl (C=O) groups is 1. The van der Waals surface area contributed by atoms with Gasteiger partial charge in [-0.15, -0.1) is 0 Å². The number of aromatic nitrogens is 1. The number of aromatic hydroxyl groups is 1. The molecule has 0 saturated carbocycles. The zero-order chi connectivity index (χ0) is 27.1. The number of nitrogens with zero attached hydrogens (tertiary/aromatic N) is 1. The first-order chi connectivity index (χ1) is 18.3. The summed E-state index contributed by atoms with van der Waals surface area (Å²) in [6.45, 7) is 4.61. The zero-order valence-electron chi connectivity index (χ0n) is 21.8. The molecule has 1 heterocycles. The van der Waals surface area contributed by atoms with Gasteiger partial charge in [-0.3, -0.25) is 9.78 Å². The summed E-state index contributed by atoms with van der Waals surface area (Å²) >= 11 is 0. The number of fused-ring (bicyclic) bond motifs is 1. The van der Waals surface area contributed by atoms with Crippen LogP contribution in [-0.2, 0) is 19.4 Å². The van der Waals surface area contributed by atoms with Crippen molar-refractivity contribution in [2.24, 2.45) is 0 Å². The molecule has 0 saturated heterocycles. The highest BCUT2D eigenvalue weighted by molar-refractivity contribution is 5.94. The van der Waals surface area contributed by atoms with Crippen molar-refractivity contribution in [2.75, 3.05) is 13.1 Å². The molecule has 4 aromatic rings. The van der Waals surface area contributed by atoms with E-state index in [0.29, 0.717) is 42.6 Å². The molecule has 7 heteroatoms. The number of hydrogen-bond donors (Lipinski definition) is 5. The van der Waals surface area contributed by atoms with E-state index in [1.165, 1.54) is 6.07 Å². The Balaban J connectivity index is 1.31. The second kappa shape index (κ2) is 12.2. The van der Waals surface area contributed by atoms with E-state index in [-0.39, 0.29) is 23.8 Å². The van der Waals surface area contributed by atoms with Gasteiger partial charge in [0.25, 0.3) is 5.91 Å². The highest BCUT2D eigenvalue weighted by Crippen LogP contribution is 2.23. The third-order valence-corrected chi connectivity index (χ3v) is 6.68. The first kappa shape index (κ1) is 27.3. The van der Waals surface area contributed by atoms with Crippen molar-refractivity contribution in [1.29, 1.82) is 0 Å². The van der Waals surface area contributed by atoms with Crippen LogP contribution in [0.3, 0.4) is 0 Å². The molecule has 0 aliphatic heterocycles. The number of nitrogens with one attached hydrogen (secondary N) is 2. The summed E-state index contributed by atoms with van der Waals surface area (Å²) in [7, 11) is 0. The molecule has 0 spiro atoms. The molecule has 0 bridgehead atoms. The summed E-state index contributed by atoms with van der Waals surface area (Å²) in [6, 6.07) is 22.3. The maximum absolute atomic E-state index is 12.9. The Morgan fingerprint density at radius 2 is 1.82 bits per heavy atom. The topological polar surface area (TPSA) is 115 Å². The van der Waals surface area contributed by atoms with E-state index in [0.717, 1.165) is 22.0 Å². The molecule has 0 aliphatic carbocycles. The van der Waals surface area contributed by atoms with Crippen LogP contribution in [0.4, 0.5) is 0 Å². The van der Waals surface area contributed by atoms with Crippen LogP contribution in [0.15, 0.2) is 79.0 Å². The summed E-state index contributed by atoms with van der Waals surface area (Å²) in [5.74, 6) is -0.107. The van der Waals surface area contributed by atoms with Gasteiger partial charge in [0.15, 0.2) is 0 Å². The summed E-state index contributed by atoms with van der Waals surface area (Å²) in [4.78, 5) is 17.3. The van der Waals surface area contributed by atoms with E-state index in [1.807, 2.05) is 56.3 Å². The molecule has 0 radical (unpaired) electrons. The molecule has 0 unspecified atom stereocenters. The first-order valence-corrected chi connectivity index (χ1v) is 12.8. The Labute approximate surface area is 223 Å². The summed E-state index contributed by atoms with van der Waals surface area (Å²) in [5, 5.41) is 37.3. The van der Waals surface area contributed by atoms with Crippen molar-refractivity contribution in [1.82, 2.24) is 15.6 Å². The molecule has 5 N–H and O–H groups in total. The van der Waals surface area contributed by atoms with E-state index >= 15 is 0 Å². The number of phenols is 1. The largest absolute Gasteiger partial charge is 0.508 e. The highest BCUT2D eigenvalue weighted by Gasteiger charge is 2.21. The van der Waals surface area contributed by atoms with Crippen LogP contribution >= 0.6 is 0 Å². The minimum atomic E-state index is -0.796. The molecule has 1 atom stereocenters. The van der Waals surface area contributed by atoms with Crippen LogP contribution in [0.5, 0.6) is 5.75 Å². The van der Waals surface area contributed by atoms with E-state index < -0.39 is 6.10 Å². The number of aliphatic hydroxyl groups excluding tert-OH is 2. The van der Waals surface area contributed by atoms with Crippen LogP contribution in [0.2, 0.25) is 0 Å². The van der Waals surface area contributed by atoms with Crippen molar-refractivity contribution >= 4 is 16.8 Å². The number of benzene rings is 3. The summed E-state index contributed by atoms with van der Waals surface area (Å²) in [5.41, 5.74) is 4.37. The highest BCUT2D eigenvalue weighted by atomic mass is 16.3. The molecule has 3 aromatic carbocycles. The number of pyridine rings is 1. The van der Waals surface area contributed by atoms with E-state index in [1.54, 1.807) is 18.3 Å². The maximum atomic E-state index is 12.9. The predicted octanol–water partition coefficient (Wildman–Crippen LogP) is 4.05. The summed E-state index contributed by atoms with van der Waals surface area (Å²) in [6.07, 6.45) is 2.36. The molecule has 38 heavy (non-hydrogen) atoms. The number of amides is 1. The monoisotopic (exact) mass is 513 g/mol. The predicted molar refractivity (Wildman–Crippen MR) is 149 cm³/mol. The molecule has 198 valence electrons. The fourth-order valence-electron chi connectivity index (χ4n) is 4.62. The van der Waals surface area contributed by atoms with E-state index in [9.17, 15) is 20.1 Å². The number of rotatable bonds is 11. The van der Waals surface area contributed by atoms with Crippen LogP contribution in [0.25, 0.3) is 10.9 Å². The second-order valence-electron chi connectivity index (χ2n) is 10.2. The Morgan fingerprint density at radius 3 is 2.63 bits per heavy atom. The van der Waals surface area contributed by atoms with Crippen LogP contribution in [0.1, 0.15) is 52.6 Å². The second-order valence-corrected chi connectivity index (χ2v) is 10.2. The van der Waals surface area contributed by atoms with Crippen molar-refractivity contribution in [3.63, 3.8) is 0 Å². The Kier molecular flexibility index (Phi) is 8.73. The van der Waals surface area contributed by atoms with E-state index in [4.69, 9.17) is 0 Å². The van der Waals surface area contributed by atoms with Gasteiger partial charge < -0.3 is 26.0 Å². The molecule has 4 rings (SSSR count). The fraction of sp³-hybridized carbons (Fsp3) is 0.290. The number of hydrogen-bond acceptors (Lipinski definition) is 6. The van der Waals surface area contributed by atoms with Gasteiger partial charge >= 0.3 is 0 Å². The van der Waals surface area contributed by atoms with Gasteiger partial charge in [-0.2, -0.15) is 0 Å². The van der Waals surface area contributed by atoms with Gasteiger partial charge in [-0.1, -0.05) is 36.4 Å². The van der Waals surface area contributed by atoms with Gasteiger partial charge in [0.2, 0.25) is 0 Å². The van der Waals surface area contributed by atoms with Gasteiger partial charge in [0.1, 0.15) is 5.75 Å². The number of aliphatic hydroxyl groups is 2. The number of β-amino-alcohol motifs (C(OH)–C–C–N with tert-alkyl or cyclic N) is 1. The molecular formula is C31H35N3O4. The van der Waals surface area contributed by atoms with Crippen molar-refractivity contribution < 1.29 is 20.1 Å². The normalized spacial score (nSPS) is 12.4. The van der Waals surface area contributed by atoms with Gasteiger partial charge in [0.05, 0.1) is 18.2 Å². The third kappa shape index (κ3) is 6.95. The van der Waals surface area contributed by atoms with Crippen molar-refractivity contribution in [2.45, 2.75) is 44.9 Å². The third-order valence-electron chi connectivity index (χ3n) is 6.68. The van der Waals surface area contributed by atoms with Crippen molar-refractivity contribution in [3.8, 4) is 5.75 Å². The minimum absolute atomic E-state index is 0.00604. The molecular weight excluding hydrogens is 478 g/mol. The van der Waals surface area contributed by atoms with Gasteiger partial charge in [0, 0.05) is 41.3 Å². The first-order valence-electron chi connectivity index (χ1n) is 12.8. The smallest absolute Gasteiger partial charge is 0.251 e. The lowest BCUT2D eigenvalue weighted by molar-refractivity contribution is 0.0954. The van der Waals surface area contributed by atoms with Crippen LogP contribution < -0.4 is 10.6 Å². The maximum Gasteiger partial charge on any atom is 0.251 e. The number of carbonyl (C=O) groups excluding carboxylic acids is 1. The van der Waals surface area contributed by atoms with Crippen LogP contribution in [-0.4, -0.2) is 44.8 Å². The molecule has 1 amide bonds. The Hall–Kier alpha value is -3.78. The minimum Gasteiger partial charge on any atom is -0.508 e. The Bertz CT molecular complexity index is 1400. The zero-order valence-corrected chi connectivity index (χ0v) is 21.8. The summed E-state index contributed by atoms with van der Waals surface area (Å²) < 4.78 is 0. The standard InChI is InChI=1S/C31H35N3O4/c1-31(2,34-19-29(37)23-11-12-28(36)25(17-23)20-35)18-21-6-3-8-24(16-21)30(38)33-15-13-22-7-4-10-27-26(22)9-5-14-32-27/h3-12,14,16-17,29,34-37H,13,15,18-20H2,1-2H3,(H,33,38)/t29-/m0/s1. The van der Waals surface area contributed by atoms with Crippen molar-refractivity contribution in [3.05, 3.63) is 107 Å².